The summed E-state index contributed by atoms with van der Waals surface area (Å²) in [5, 5.41) is 7.43. The van der Waals surface area contributed by atoms with Gasteiger partial charge in [-0.2, -0.15) is 0 Å². The molecule has 3 rings (SSSR count). The maximum absolute atomic E-state index is 5.86. The summed E-state index contributed by atoms with van der Waals surface area (Å²) >= 11 is 5.86. The minimum absolute atomic E-state index is 0. The summed E-state index contributed by atoms with van der Waals surface area (Å²) in [5.41, 5.74) is 2.36. The standard InChI is InChI=1S/C23H32ClN5O.HI/c1-25-23(26-13-12-18-10-11-22(24)27-16-18)28-17-20(29-14-6-3-7-15-29)19-8-4-5-9-21(19)30-2;/h4-5,8-11,16,20H,3,6-7,12-15,17H2,1-2H3,(H2,25,26,28);1H. The summed E-state index contributed by atoms with van der Waals surface area (Å²) in [6.45, 7) is 3.76. The highest BCUT2D eigenvalue weighted by atomic mass is 127. The molecule has 0 radical (unpaired) electrons. The molecule has 0 saturated carbocycles. The summed E-state index contributed by atoms with van der Waals surface area (Å²) in [7, 11) is 3.55. The number of pyridine rings is 1. The first kappa shape index (κ1) is 25.7. The fourth-order valence-corrected chi connectivity index (χ4v) is 4.01. The summed E-state index contributed by atoms with van der Waals surface area (Å²) in [4.78, 5) is 11.1. The maximum Gasteiger partial charge on any atom is 0.191 e. The Morgan fingerprint density at radius 1 is 1.16 bits per heavy atom. The first-order valence-corrected chi connectivity index (χ1v) is 11.0. The zero-order valence-corrected chi connectivity index (χ0v) is 21.4. The van der Waals surface area contributed by atoms with Gasteiger partial charge in [-0.1, -0.05) is 42.3 Å². The van der Waals surface area contributed by atoms with Crippen molar-refractivity contribution >= 4 is 41.5 Å². The van der Waals surface area contributed by atoms with E-state index in [1.54, 1.807) is 14.2 Å². The summed E-state index contributed by atoms with van der Waals surface area (Å²) in [6, 6.07) is 12.4. The van der Waals surface area contributed by atoms with E-state index in [-0.39, 0.29) is 30.0 Å². The van der Waals surface area contributed by atoms with Gasteiger partial charge in [-0.15, -0.1) is 24.0 Å². The van der Waals surface area contributed by atoms with Gasteiger partial charge in [0, 0.05) is 31.9 Å². The second kappa shape index (κ2) is 13.8. The molecule has 170 valence electrons. The van der Waals surface area contributed by atoms with Crippen LogP contribution in [0.5, 0.6) is 5.75 Å². The Hall–Kier alpha value is -1.58. The molecule has 2 N–H and O–H groups in total. The van der Waals surface area contributed by atoms with Gasteiger partial charge in [0.25, 0.3) is 0 Å². The molecule has 1 unspecified atom stereocenters. The number of piperidine rings is 1. The van der Waals surface area contributed by atoms with Crippen LogP contribution in [-0.4, -0.2) is 56.2 Å². The van der Waals surface area contributed by atoms with Gasteiger partial charge in [0.05, 0.1) is 13.2 Å². The fourth-order valence-electron chi connectivity index (χ4n) is 3.90. The number of hydrogen-bond donors (Lipinski definition) is 2. The minimum Gasteiger partial charge on any atom is -0.496 e. The number of nitrogens with zero attached hydrogens (tertiary/aromatic N) is 3. The molecule has 2 aromatic rings. The SMILES string of the molecule is CN=C(NCCc1ccc(Cl)nc1)NCC(c1ccccc1OC)N1CCCCC1.I. The first-order chi connectivity index (χ1) is 14.7. The number of para-hydroxylation sites is 1. The summed E-state index contributed by atoms with van der Waals surface area (Å²) in [6.07, 6.45) is 6.47. The number of guanidine groups is 1. The van der Waals surface area contributed by atoms with E-state index in [4.69, 9.17) is 16.3 Å². The molecule has 8 heteroatoms. The van der Waals surface area contributed by atoms with Crippen molar-refractivity contribution < 1.29 is 4.74 Å². The van der Waals surface area contributed by atoms with Crippen molar-refractivity contribution in [2.45, 2.75) is 31.7 Å². The molecular weight excluding hydrogens is 525 g/mol. The largest absolute Gasteiger partial charge is 0.496 e. The van der Waals surface area contributed by atoms with E-state index in [1.165, 1.54) is 24.8 Å². The molecule has 1 aromatic heterocycles. The van der Waals surface area contributed by atoms with Crippen molar-refractivity contribution in [3.8, 4) is 5.75 Å². The number of aromatic nitrogens is 1. The lowest BCUT2D eigenvalue weighted by Crippen LogP contribution is -2.45. The smallest absolute Gasteiger partial charge is 0.191 e. The second-order valence-electron chi connectivity index (χ2n) is 7.47. The molecule has 0 spiro atoms. The molecule has 0 amide bonds. The number of hydrogen-bond acceptors (Lipinski definition) is 4. The average molecular weight is 558 g/mol. The van der Waals surface area contributed by atoms with Crippen molar-refractivity contribution in [3.05, 3.63) is 58.9 Å². The average Bonchev–Trinajstić information content (AvgIpc) is 2.80. The number of rotatable bonds is 8. The highest BCUT2D eigenvalue weighted by Crippen LogP contribution is 2.30. The Balaban J connectivity index is 0.00000341. The molecule has 1 saturated heterocycles. The van der Waals surface area contributed by atoms with Gasteiger partial charge >= 0.3 is 0 Å². The van der Waals surface area contributed by atoms with E-state index >= 15 is 0 Å². The van der Waals surface area contributed by atoms with Crippen LogP contribution in [0.4, 0.5) is 0 Å². The highest BCUT2D eigenvalue weighted by molar-refractivity contribution is 14.0. The molecule has 2 heterocycles. The molecular formula is C23H33ClIN5O. The fraction of sp³-hybridized carbons (Fsp3) is 0.478. The van der Waals surface area contributed by atoms with E-state index in [9.17, 15) is 0 Å². The third-order valence-corrected chi connectivity index (χ3v) is 5.73. The van der Waals surface area contributed by atoms with Gasteiger partial charge in [0.2, 0.25) is 0 Å². The van der Waals surface area contributed by atoms with Crippen molar-refractivity contribution in [1.82, 2.24) is 20.5 Å². The number of aliphatic imine (C=N–C) groups is 1. The summed E-state index contributed by atoms with van der Waals surface area (Å²) < 4.78 is 5.66. The van der Waals surface area contributed by atoms with Crippen LogP contribution >= 0.6 is 35.6 Å². The predicted octanol–water partition coefficient (Wildman–Crippen LogP) is 4.30. The third-order valence-electron chi connectivity index (χ3n) is 5.51. The van der Waals surface area contributed by atoms with Gasteiger partial charge in [-0.25, -0.2) is 4.98 Å². The molecule has 1 atom stereocenters. The number of likely N-dealkylation sites (tertiary alicyclic amines) is 1. The van der Waals surface area contributed by atoms with Gasteiger partial charge < -0.3 is 15.4 Å². The molecule has 1 aliphatic heterocycles. The van der Waals surface area contributed by atoms with E-state index < -0.39 is 0 Å². The van der Waals surface area contributed by atoms with Gasteiger partial charge in [-0.05, 0) is 50.0 Å². The van der Waals surface area contributed by atoms with Crippen molar-refractivity contribution in [3.63, 3.8) is 0 Å². The monoisotopic (exact) mass is 557 g/mol. The number of ether oxygens (including phenoxy) is 1. The Labute approximate surface area is 207 Å². The Bertz CT molecular complexity index is 812. The number of methoxy groups -OCH3 is 1. The molecule has 6 nitrogen and oxygen atoms in total. The molecule has 1 fully saturated rings. The van der Waals surface area contributed by atoms with Crippen molar-refractivity contribution in [1.29, 1.82) is 0 Å². The van der Waals surface area contributed by atoms with Crippen LogP contribution in [0.1, 0.15) is 36.4 Å². The summed E-state index contributed by atoms with van der Waals surface area (Å²) in [5.74, 6) is 1.74. The van der Waals surface area contributed by atoms with E-state index in [0.29, 0.717) is 5.15 Å². The number of benzene rings is 1. The van der Waals surface area contributed by atoms with Gasteiger partial charge in [-0.3, -0.25) is 9.89 Å². The zero-order valence-electron chi connectivity index (χ0n) is 18.3. The van der Waals surface area contributed by atoms with Gasteiger partial charge in [0.1, 0.15) is 10.9 Å². The molecule has 0 bridgehead atoms. The lowest BCUT2D eigenvalue weighted by Gasteiger charge is -2.35. The van der Waals surface area contributed by atoms with E-state index in [2.05, 4.69) is 37.6 Å². The maximum atomic E-state index is 5.86. The van der Waals surface area contributed by atoms with Crippen LogP contribution in [0.2, 0.25) is 5.15 Å². The van der Waals surface area contributed by atoms with E-state index in [0.717, 1.165) is 49.9 Å². The van der Waals surface area contributed by atoms with Crippen LogP contribution in [0, 0.1) is 0 Å². The minimum atomic E-state index is 0. The predicted molar refractivity (Wildman–Crippen MR) is 139 cm³/mol. The van der Waals surface area contributed by atoms with Crippen molar-refractivity contribution in [2.24, 2.45) is 4.99 Å². The normalized spacial score (nSPS) is 15.6. The van der Waals surface area contributed by atoms with Gasteiger partial charge in [0.15, 0.2) is 5.96 Å². The van der Waals surface area contributed by atoms with Crippen LogP contribution < -0.4 is 15.4 Å². The highest BCUT2D eigenvalue weighted by Gasteiger charge is 2.25. The molecule has 31 heavy (non-hydrogen) atoms. The molecule has 0 aliphatic carbocycles. The molecule has 1 aromatic carbocycles. The Morgan fingerprint density at radius 3 is 2.61 bits per heavy atom. The van der Waals surface area contributed by atoms with E-state index in [1.807, 2.05) is 30.5 Å². The Morgan fingerprint density at radius 2 is 1.94 bits per heavy atom. The van der Waals surface area contributed by atoms with Crippen LogP contribution in [0.15, 0.2) is 47.6 Å². The van der Waals surface area contributed by atoms with Crippen LogP contribution in [0.3, 0.4) is 0 Å². The Kier molecular flexibility index (Phi) is 11.4. The number of halogens is 2. The first-order valence-electron chi connectivity index (χ1n) is 10.6. The van der Waals surface area contributed by atoms with Crippen LogP contribution in [0.25, 0.3) is 0 Å². The number of nitrogens with one attached hydrogen (secondary N) is 2. The van der Waals surface area contributed by atoms with Crippen molar-refractivity contribution in [2.75, 3.05) is 40.3 Å². The topological polar surface area (TPSA) is 61.8 Å². The lowest BCUT2D eigenvalue weighted by atomic mass is 10.0. The van der Waals surface area contributed by atoms with Crippen LogP contribution in [-0.2, 0) is 6.42 Å². The zero-order chi connectivity index (χ0) is 21.2. The lowest BCUT2D eigenvalue weighted by molar-refractivity contribution is 0.161. The molecule has 1 aliphatic rings. The third kappa shape index (κ3) is 7.80. The second-order valence-corrected chi connectivity index (χ2v) is 7.86. The quantitative estimate of drug-likeness (QED) is 0.219.